The molecule has 1 unspecified atom stereocenters. The number of nitrogens with zero attached hydrogens (tertiary/aromatic N) is 2. The van der Waals surface area contributed by atoms with E-state index in [9.17, 15) is 12.8 Å². The second kappa shape index (κ2) is 5.91. The summed E-state index contributed by atoms with van der Waals surface area (Å²) in [6, 6.07) is 5.65. The minimum atomic E-state index is -3.70. The predicted molar refractivity (Wildman–Crippen MR) is 80.5 cm³/mol. The lowest BCUT2D eigenvalue weighted by molar-refractivity contribution is -0.00275. The SMILES string of the molecule is CCC1CN(S(=O)(=O)c2ccc(F)c3ncccc23)CCO1. The van der Waals surface area contributed by atoms with Crippen molar-refractivity contribution in [3.63, 3.8) is 0 Å². The zero-order valence-electron chi connectivity index (χ0n) is 12.2. The molecule has 118 valence electrons. The summed E-state index contributed by atoms with van der Waals surface area (Å²) in [5, 5.41) is 0.307. The van der Waals surface area contributed by atoms with Gasteiger partial charge < -0.3 is 4.74 Å². The van der Waals surface area contributed by atoms with Crippen LogP contribution in [0.1, 0.15) is 13.3 Å². The minimum absolute atomic E-state index is 0.0730. The molecule has 1 aromatic carbocycles. The number of halogens is 1. The summed E-state index contributed by atoms with van der Waals surface area (Å²) < 4.78 is 46.5. The first-order chi connectivity index (χ1) is 10.5. The highest BCUT2D eigenvalue weighted by Gasteiger charge is 2.31. The fraction of sp³-hybridized carbons (Fsp3) is 0.400. The number of hydrogen-bond acceptors (Lipinski definition) is 4. The summed E-state index contributed by atoms with van der Waals surface area (Å²) in [5.41, 5.74) is 0.0730. The van der Waals surface area contributed by atoms with Crippen LogP contribution in [0.25, 0.3) is 10.9 Å². The van der Waals surface area contributed by atoms with Crippen molar-refractivity contribution in [2.24, 2.45) is 0 Å². The van der Waals surface area contributed by atoms with Crippen LogP contribution in [0.5, 0.6) is 0 Å². The molecule has 1 aliphatic rings. The molecule has 2 aromatic rings. The highest BCUT2D eigenvalue weighted by atomic mass is 32.2. The number of hydrogen-bond donors (Lipinski definition) is 0. The first-order valence-corrected chi connectivity index (χ1v) is 8.63. The van der Waals surface area contributed by atoms with E-state index in [1.165, 1.54) is 16.6 Å². The molecule has 0 amide bonds. The molecule has 1 atom stereocenters. The lowest BCUT2D eigenvalue weighted by Gasteiger charge is -2.31. The van der Waals surface area contributed by atoms with Crippen molar-refractivity contribution in [1.29, 1.82) is 0 Å². The van der Waals surface area contributed by atoms with Gasteiger partial charge in [0, 0.05) is 24.7 Å². The third-order valence-corrected chi connectivity index (χ3v) is 5.78. The molecule has 3 rings (SSSR count). The predicted octanol–water partition coefficient (Wildman–Crippen LogP) is 2.17. The zero-order chi connectivity index (χ0) is 15.7. The molecule has 0 saturated carbocycles. The van der Waals surface area contributed by atoms with Gasteiger partial charge in [-0.2, -0.15) is 4.31 Å². The van der Waals surface area contributed by atoms with Crippen LogP contribution in [0.4, 0.5) is 4.39 Å². The van der Waals surface area contributed by atoms with Gasteiger partial charge in [-0.05, 0) is 30.7 Å². The van der Waals surface area contributed by atoms with Crippen LogP contribution < -0.4 is 0 Å². The third kappa shape index (κ3) is 2.60. The highest BCUT2D eigenvalue weighted by Crippen LogP contribution is 2.27. The molecule has 0 radical (unpaired) electrons. The van der Waals surface area contributed by atoms with E-state index in [-0.39, 0.29) is 16.5 Å². The van der Waals surface area contributed by atoms with E-state index in [0.717, 1.165) is 12.5 Å². The molecule has 1 aromatic heterocycles. The largest absolute Gasteiger partial charge is 0.375 e. The Morgan fingerprint density at radius 3 is 3.00 bits per heavy atom. The maximum atomic E-state index is 13.8. The molecule has 0 aliphatic carbocycles. The molecule has 5 nitrogen and oxygen atoms in total. The maximum absolute atomic E-state index is 13.8. The summed E-state index contributed by atoms with van der Waals surface area (Å²) in [6.07, 6.45) is 2.09. The Bertz CT molecular complexity index is 794. The Labute approximate surface area is 128 Å². The van der Waals surface area contributed by atoms with E-state index in [0.29, 0.717) is 25.1 Å². The molecule has 0 spiro atoms. The number of ether oxygens (including phenoxy) is 1. The normalized spacial score (nSPS) is 20.4. The van der Waals surface area contributed by atoms with Crippen molar-refractivity contribution < 1.29 is 17.5 Å². The molecule has 22 heavy (non-hydrogen) atoms. The van der Waals surface area contributed by atoms with Crippen LogP contribution in [0.2, 0.25) is 0 Å². The van der Waals surface area contributed by atoms with Gasteiger partial charge in [-0.25, -0.2) is 12.8 Å². The van der Waals surface area contributed by atoms with Crippen LogP contribution in [0.15, 0.2) is 35.4 Å². The van der Waals surface area contributed by atoms with Gasteiger partial charge >= 0.3 is 0 Å². The first-order valence-electron chi connectivity index (χ1n) is 7.19. The highest BCUT2D eigenvalue weighted by molar-refractivity contribution is 7.89. The van der Waals surface area contributed by atoms with Crippen molar-refractivity contribution in [3.05, 3.63) is 36.3 Å². The fourth-order valence-corrected chi connectivity index (χ4v) is 4.27. The molecule has 7 heteroatoms. The van der Waals surface area contributed by atoms with Crippen LogP contribution >= 0.6 is 0 Å². The Balaban J connectivity index is 2.08. The molecule has 0 bridgehead atoms. The van der Waals surface area contributed by atoms with Gasteiger partial charge in [-0.15, -0.1) is 0 Å². The summed E-state index contributed by atoms with van der Waals surface area (Å²) in [7, 11) is -3.70. The zero-order valence-corrected chi connectivity index (χ0v) is 13.0. The van der Waals surface area contributed by atoms with Gasteiger partial charge in [-0.3, -0.25) is 4.98 Å². The van der Waals surface area contributed by atoms with Crippen LogP contribution in [0, 0.1) is 5.82 Å². The average Bonchev–Trinajstić information content (AvgIpc) is 2.55. The van der Waals surface area contributed by atoms with Gasteiger partial charge in [0.1, 0.15) is 11.3 Å². The molecular weight excluding hydrogens is 307 g/mol. The Hall–Kier alpha value is -1.57. The summed E-state index contributed by atoms with van der Waals surface area (Å²) in [6.45, 7) is 2.95. The monoisotopic (exact) mass is 324 g/mol. The fourth-order valence-electron chi connectivity index (χ4n) is 2.63. The summed E-state index contributed by atoms with van der Waals surface area (Å²) in [4.78, 5) is 4.04. The molecule has 2 heterocycles. The second-order valence-corrected chi connectivity index (χ2v) is 7.12. The van der Waals surface area contributed by atoms with E-state index in [1.54, 1.807) is 12.1 Å². The van der Waals surface area contributed by atoms with E-state index in [1.807, 2.05) is 6.92 Å². The van der Waals surface area contributed by atoms with Gasteiger partial charge in [0.25, 0.3) is 0 Å². The maximum Gasteiger partial charge on any atom is 0.243 e. The van der Waals surface area contributed by atoms with Crippen molar-refractivity contribution in [2.45, 2.75) is 24.3 Å². The van der Waals surface area contributed by atoms with Gasteiger partial charge in [0.15, 0.2) is 0 Å². The molecule has 0 N–H and O–H groups in total. The van der Waals surface area contributed by atoms with E-state index < -0.39 is 15.8 Å². The molecule has 1 fully saturated rings. The number of fused-ring (bicyclic) bond motifs is 1. The Morgan fingerprint density at radius 1 is 1.41 bits per heavy atom. The number of sulfonamides is 1. The molecule has 1 aliphatic heterocycles. The number of benzene rings is 1. The molecule has 1 saturated heterocycles. The Kier molecular flexibility index (Phi) is 4.12. The lowest BCUT2D eigenvalue weighted by Crippen LogP contribution is -2.45. The van der Waals surface area contributed by atoms with Crippen LogP contribution in [0.3, 0.4) is 0 Å². The van der Waals surface area contributed by atoms with Crippen molar-refractivity contribution in [1.82, 2.24) is 9.29 Å². The average molecular weight is 324 g/mol. The van der Waals surface area contributed by atoms with Gasteiger partial charge in [0.2, 0.25) is 10.0 Å². The van der Waals surface area contributed by atoms with Crippen LogP contribution in [-0.4, -0.2) is 43.5 Å². The summed E-state index contributed by atoms with van der Waals surface area (Å²) in [5.74, 6) is -0.525. The number of morpholine rings is 1. The standard InChI is InChI=1S/C15H17FN2O3S/c1-2-11-10-18(8-9-21-11)22(19,20)14-6-5-13(16)15-12(14)4-3-7-17-15/h3-7,11H,2,8-10H2,1H3. The van der Waals surface area contributed by atoms with Gasteiger partial charge in [-0.1, -0.05) is 6.92 Å². The first kappa shape index (κ1) is 15.3. The van der Waals surface area contributed by atoms with Crippen molar-refractivity contribution >= 4 is 20.9 Å². The number of aromatic nitrogens is 1. The third-order valence-electron chi connectivity index (χ3n) is 3.86. The second-order valence-electron chi connectivity index (χ2n) is 5.21. The topological polar surface area (TPSA) is 59.5 Å². The summed E-state index contributed by atoms with van der Waals surface area (Å²) >= 11 is 0. The van der Waals surface area contributed by atoms with Gasteiger partial charge in [0.05, 0.1) is 17.6 Å². The lowest BCUT2D eigenvalue weighted by atomic mass is 10.2. The van der Waals surface area contributed by atoms with Crippen LogP contribution in [-0.2, 0) is 14.8 Å². The van der Waals surface area contributed by atoms with Crippen molar-refractivity contribution in [3.8, 4) is 0 Å². The van der Waals surface area contributed by atoms with Crippen molar-refractivity contribution in [2.75, 3.05) is 19.7 Å². The smallest absolute Gasteiger partial charge is 0.243 e. The van der Waals surface area contributed by atoms with E-state index >= 15 is 0 Å². The van der Waals surface area contributed by atoms with E-state index in [2.05, 4.69) is 4.98 Å². The molecular formula is C15H17FN2O3S. The Morgan fingerprint density at radius 2 is 2.23 bits per heavy atom. The quantitative estimate of drug-likeness (QED) is 0.868. The number of pyridine rings is 1. The number of rotatable bonds is 3. The minimum Gasteiger partial charge on any atom is -0.375 e. The van der Waals surface area contributed by atoms with E-state index in [4.69, 9.17) is 4.74 Å².